The average Bonchev–Trinajstić information content (AvgIpc) is 2.87. The maximum atomic E-state index is 5.95. The fourth-order valence-electron chi connectivity index (χ4n) is 2.96. The Hall–Kier alpha value is -0.930. The van der Waals surface area contributed by atoms with Gasteiger partial charge in [0.05, 0.1) is 0 Å². The van der Waals surface area contributed by atoms with E-state index in [1.807, 2.05) is 6.07 Å². The van der Waals surface area contributed by atoms with Crippen molar-refractivity contribution in [3.63, 3.8) is 0 Å². The molecule has 0 saturated carbocycles. The van der Waals surface area contributed by atoms with E-state index in [-0.39, 0.29) is 0 Å². The molecule has 108 valence electrons. The second-order valence-electron chi connectivity index (χ2n) is 5.47. The molecule has 1 aliphatic rings. The lowest BCUT2D eigenvalue weighted by molar-refractivity contribution is 0.540. The highest BCUT2D eigenvalue weighted by atomic mass is 32.2. The van der Waals surface area contributed by atoms with Gasteiger partial charge in [-0.1, -0.05) is 31.5 Å². The largest absolute Gasteiger partial charge is 0.461 e. The van der Waals surface area contributed by atoms with Gasteiger partial charge in [0.1, 0.15) is 11.3 Å². The van der Waals surface area contributed by atoms with Crippen molar-refractivity contribution in [3.05, 3.63) is 35.6 Å². The van der Waals surface area contributed by atoms with Crippen molar-refractivity contribution < 1.29 is 4.42 Å². The molecular weight excluding hydrogens is 266 g/mol. The molecule has 1 saturated heterocycles. The molecule has 20 heavy (non-hydrogen) atoms. The molecule has 2 aromatic rings. The van der Waals surface area contributed by atoms with Crippen LogP contribution in [0.2, 0.25) is 0 Å². The van der Waals surface area contributed by atoms with Crippen molar-refractivity contribution in [1.82, 2.24) is 5.32 Å². The molecule has 2 nitrogen and oxygen atoms in total. The summed E-state index contributed by atoms with van der Waals surface area (Å²) in [6.07, 6.45) is 5.12. The lowest BCUT2D eigenvalue weighted by atomic mass is 10.1. The number of fused-ring (bicyclic) bond motifs is 1. The first-order chi connectivity index (χ1) is 9.88. The molecular formula is C17H23NOS. The highest BCUT2D eigenvalue weighted by molar-refractivity contribution is 7.99. The predicted octanol–water partition coefficient (Wildman–Crippen LogP) is 4.37. The molecule has 2 heterocycles. The van der Waals surface area contributed by atoms with E-state index < -0.39 is 0 Å². The average molecular weight is 289 g/mol. The zero-order chi connectivity index (χ0) is 13.8. The number of hydrogen-bond donors (Lipinski definition) is 1. The maximum Gasteiger partial charge on any atom is 0.134 e. The lowest BCUT2D eigenvalue weighted by Gasteiger charge is -2.21. The molecule has 3 heteroatoms. The maximum absolute atomic E-state index is 5.95. The van der Waals surface area contributed by atoms with Gasteiger partial charge in [0.2, 0.25) is 0 Å². The summed E-state index contributed by atoms with van der Waals surface area (Å²) in [7, 11) is 0. The quantitative estimate of drug-likeness (QED) is 0.885. The van der Waals surface area contributed by atoms with Gasteiger partial charge in [-0.15, -0.1) is 0 Å². The Kier molecular flexibility index (Phi) is 4.69. The van der Waals surface area contributed by atoms with Crippen molar-refractivity contribution in [3.8, 4) is 0 Å². The molecule has 1 fully saturated rings. The van der Waals surface area contributed by atoms with Crippen LogP contribution in [0.15, 0.2) is 28.7 Å². The Morgan fingerprint density at radius 2 is 2.20 bits per heavy atom. The fourth-order valence-corrected chi connectivity index (χ4v) is 4.23. The van der Waals surface area contributed by atoms with Crippen molar-refractivity contribution >= 4 is 22.7 Å². The summed E-state index contributed by atoms with van der Waals surface area (Å²) in [6, 6.07) is 8.37. The van der Waals surface area contributed by atoms with E-state index in [9.17, 15) is 0 Å². The number of benzene rings is 1. The zero-order valence-electron chi connectivity index (χ0n) is 12.2. The number of hydrogen-bond acceptors (Lipinski definition) is 3. The van der Waals surface area contributed by atoms with Crippen LogP contribution >= 0.6 is 11.8 Å². The lowest BCUT2D eigenvalue weighted by Crippen LogP contribution is -2.26. The second kappa shape index (κ2) is 6.68. The molecule has 0 spiro atoms. The number of rotatable bonds is 5. The minimum absolute atomic E-state index is 0.798. The molecule has 1 aromatic heterocycles. The summed E-state index contributed by atoms with van der Waals surface area (Å²) in [5.74, 6) is 2.47. The Bertz CT molecular complexity index is 557. The van der Waals surface area contributed by atoms with Crippen LogP contribution in [-0.2, 0) is 13.0 Å². The number of nitrogens with one attached hydrogen (secondary N) is 1. The molecule has 0 amide bonds. The van der Waals surface area contributed by atoms with Gasteiger partial charge in [-0.05, 0) is 24.7 Å². The van der Waals surface area contributed by atoms with E-state index in [1.165, 1.54) is 36.0 Å². The Morgan fingerprint density at radius 3 is 3.00 bits per heavy atom. The molecule has 0 radical (unpaired) electrons. The van der Waals surface area contributed by atoms with E-state index in [2.05, 4.69) is 42.2 Å². The summed E-state index contributed by atoms with van der Waals surface area (Å²) in [6.45, 7) is 4.21. The monoisotopic (exact) mass is 289 g/mol. The van der Waals surface area contributed by atoms with Gasteiger partial charge in [-0.2, -0.15) is 11.8 Å². The third kappa shape index (κ3) is 3.04. The van der Waals surface area contributed by atoms with Gasteiger partial charge in [0.25, 0.3) is 0 Å². The number of para-hydroxylation sites is 1. The van der Waals surface area contributed by atoms with Crippen LogP contribution in [-0.4, -0.2) is 17.5 Å². The van der Waals surface area contributed by atoms with Gasteiger partial charge in [0.15, 0.2) is 0 Å². The first kappa shape index (κ1) is 14.0. The standard InChI is InChI=1S/C17H23NOS/c1-2-16-15(14-8-3-4-9-17(14)19-16)12-18-11-13-7-5-6-10-20-13/h3-4,8-9,13,18H,2,5-7,10-12H2,1H3. The van der Waals surface area contributed by atoms with Crippen molar-refractivity contribution in [2.24, 2.45) is 0 Å². The summed E-state index contributed by atoms with van der Waals surface area (Å²) < 4.78 is 5.95. The van der Waals surface area contributed by atoms with Gasteiger partial charge < -0.3 is 9.73 Å². The topological polar surface area (TPSA) is 25.2 Å². The Labute approximate surface area is 125 Å². The highest BCUT2D eigenvalue weighted by Crippen LogP contribution is 2.27. The molecule has 0 aliphatic carbocycles. The smallest absolute Gasteiger partial charge is 0.134 e. The summed E-state index contributed by atoms with van der Waals surface area (Å²) in [4.78, 5) is 0. The summed E-state index contributed by atoms with van der Waals surface area (Å²) in [5, 5.41) is 5.71. The van der Waals surface area contributed by atoms with Crippen LogP contribution < -0.4 is 5.32 Å². The first-order valence-corrected chi connectivity index (χ1v) is 8.75. The van der Waals surface area contributed by atoms with Gasteiger partial charge in [0, 0.05) is 35.7 Å². The van der Waals surface area contributed by atoms with E-state index in [0.29, 0.717) is 0 Å². The van der Waals surface area contributed by atoms with Crippen LogP contribution in [0, 0.1) is 0 Å². The van der Waals surface area contributed by atoms with Crippen molar-refractivity contribution in [1.29, 1.82) is 0 Å². The van der Waals surface area contributed by atoms with Crippen LogP contribution in [0.5, 0.6) is 0 Å². The minimum Gasteiger partial charge on any atom is -0.461 e. The van der Waals surface area contributed by atoms with Gasteiger partial charge >= 0.3 is 0 Å². The van der Waals surface area contributed by atoms with Crippen LogP contribution in [0.4, 0.5) is 0 Å². The highest BCUT2D eigenvalue weighted by Gasteiger charge is 2.15. The molecule has 1 aliphatic heterocycles. The van der Waals surface area contributed by atoms with Gasteiger partial charge in [-0.3, -0.25) is 0 Å². The third-order valence-corrected chi connectivity index (χ3v) is 5.45. The Morgan fingerprint density at radius 1 is 1.30 bits per heavy atom. The fraction of sp³-hybridized carbons (Fsp3) is 0.529. The summed E-state index contributed by atoms with van der Waals surface area (Å²) in [5.41, 5.74) is 2.37. The first-order valence-electron chi connectivity index (χ1n) is 7.70. The van der Waals surface area contributed by atoms with E-state index in [0.717, 1.165) is 36.1 Å². The zero-order valence-corrected chi connectivity index (χ0v) is 13.0. The van der Waals surface area contributed by atoms with E-state index in [1.54, 1.807) is 0 Å². The minimum atomic E-state index is 0.798. The van der Waals surface area contributed by atoms with E-state index >= 15 is 0 Å². The molecule has 1 atom stereocenters. The number of thioether (sulfide) groups is 1. The van der Waals surface area contributed by atoms with Gasteiger partial charge in [-0.25, -0.2) is 0 Å². The van der Waals surface area contributed by atoms with Crippen LogP contribution in [0.3, 0.4) is 0 Å². The normalized spacial score (nSPS) is 19.6. The SMILES string of the molecule is CCc1oc2ccccc2c1CNCC1CCCCS1. The molecule has 1 N–H and O–H groups in total. The predicted molar refractivity (Wildman–Crippen MR) is 87.4 cm³/mol. The van der Waals surface area contributed by atoms with E-state index in [4.69, 9.17) is 4.42 Å². The van der Waals surface area contributed by atoms with Crippen molar-refractivity contribution in [2.45, 2.75) is 44.4 Å². The Balaban J connectivity index is 1.66. The number of aryl methyl sites for hydroxylation is 1. The number of furan rings is 1. The second-order valence-corrected chi connectivity index (χ2v) is 6.88. The van der Waals surface area contributed by atoms with Crippen LogP contribution in [0.1, 0.15) is 37.5 Å². The summed E-state index contributed by atoms with van der Waals surface area (Å²) >= 11 is 2.13. The van der Waals surface area contributed by atoms with Crippen molar-refractivity contribution in [2.75, 3.05) is 12.3 Å². The molecule has 1 aromatic carbocycles. The molecule has 3 rings (SSSR count). The molecule has 1 unspecified atom stereocenters. The van der Waals surface area contributed by atoms with Crippen LogP contribution in [0.25, 0.3) is 11.0 Å². The third-order valence-electron chi connectivity index (χ3n) is 4.05. The molecule has 0 bridgehead atoms.